The molecule has 0 radical (unpaired) electrons. The first-order valence-corrected chi connectivity index (χ1v) is 6.37. The van der Waals surface area contributed by atoms with Crippen molar-refractivity contribution in [2.75, 3.05) is 18.5 Å². The van der Waals surface area contributed by atoms with Crippen molar-refractivity contribution >= 4 is 28.9 Å². The second-order valence-corrected chi connectivity index (χ2v) is 4.62. The summed E-state index contributed by atoms with van der Waals surface area (Å²) in [5.74, 6) is 0.774. The minimum absolute atomic E-state index is 0.562. The highest BCUT2D eigenvalue weighted by atomic mass is 35.5. The summed E-state index contributed by atoms with van der Waals surface area (Å²) in [5, 5.41) is 4.62. The second-order valence-electron chi connectivity index (χ2n) is 3.74. The lowest BCUT2D eigenvalue weighted by molar-refractivity contribution is 0.333. The lowest BCUT2D eigenvalue weighted by atomic mass is 10.3. The fourth-order valence-electron chi connectivity index (χ4n) is 1.52. The van der Waals surface area contributed by atoms with Crippen molar-refractivity contribution in [1.29, 1.82) is 0 Å². The Morgan fingerprint density at radius 3 is 2.39 bits per heavy atom. The SMILES string of the molecule is Clc1cccc(NCCOc2cccc(Cl)c2)c1. The van der Waals surface area contributed by atoms with Gasteiger partial charge in [0.15, 0.2) is 0 Å². The van der Waals surface area contributed by atoms with E-state index >= 15 is 0 Å². The lowest BCUT2D eigenvalue weighted by Gasteiger charge is -2.09. The molecule has 0 amide bonds. The summed E-state index contributed by atoms with van der Waals surface area (Å²) in [6, 6.07) is 14.9. The van der Waals surface area contributed by atoms with Crippen LogP contribution >= 0.6 is 23.2 Å². The van der Waals surface area contributed by atoms with Crippen molar-refractivity contribution in [2.45, 2.75) is 0 Å². The van der Waals surface area contributed by atoms with Gasteiger partial charge in [-0.05, 0) is 36.4 Å². The largest absolute Gasteiger partial charge is 0.492 e. The first-order chi connectivity index (χ1) is 8.74. The number of rotatable bonds is 5. The third-order valence-corrected chi connectivity index (χ3v) is 2.79. The van der Waals surface area contributed by atoms with Crippen LogP contribution in [0, 0.1) is 0 Å². The Labute approximate surface area is 116 Å². The van der Waals surface area contributed by atoms with Crippen molar-refractivity contribution in [3.63, 3.8) is 0 Å². The van der Waals surface area contributed by atoms with Crippen LogP contribution in [0.2, 0.25) is 10.0 Å². The molecule has 0 aliphatic heterocycles. The molecule has 1 N–H and O–H groups in total. The third kappa shape index (κ3) is 4.13. The molecule has 4 heteroatoms. The monoisotopic (exact) mass is 281 g/mol. The van der Waals surface area contributed by atoms with Gasteiger partial charge < -0.3 is 10.1 Å². The molecule has 2 aromatic rings. The van der Waals surface area contributed by atoms with Gasteiger partial charge >= 0.3 is 0 Å². The van der Waals surface area contributed by atoms with Gasteiger partial charge in [0.05, 0.1) is 0 Å². The van der Waals surface area contributed by atoms with E-state index in [0.717, 1.165) is 16.5 Å². The Bertz CT molecular complexity index is 469. The fraction of sp³-hybridized carbons (Fsp3) is 0.143. The van der Waals surface area contributed by atoms with Crippen molar-refractivity contribution < 1.29 is 4.74 Å². The van der Waals surface area contributed by atoms with Crippen LogP contribution in [0.4, 0.5) is 5.69 Å². The number of ether oxygens (including phenoxy) is 1. The standard InChI is InChI=1S/C14H13Cl2NO/c15-11-3-1-5-13(9-11)17-7-8-18-14-6-2-4-12(16)10-14/h1-6,9-10,17H,7-8H2. The molecule has 2 aromatic carbocycles. The molecule has 18 heavy (non-hydrogen) atoms. The predicted octanol–water partition coefficient (Wildman–Crippen LogP) is 4.48. The average molecular weight is 282 g/mol. The minimum Gasteiger partial charge on any atom is -0.492 e. The summed E-state index contributed by atoms with van der Waals surface area (Å²) >= 11 is 11.7. The quantitative estimate of drug-likeness (QED) is 0.816. The number of halogens is 2. The number of benzene rings is 2. The zero-order valence-electron chi connectivity index (χ0n) is 9.70. The summed E-state index contributed by atoms with van der Waals surface area (Å²) < 4.78 is 5.56. The van der Waals surface area contributed by atoms with Crippen LogP contribution < -0.4 is 10.1 Å². The maximum absolute atomic E-state index is 5.89. The smallest absolute Gasteiger partial charge is 0.120 e. The Morgan fingerprint density at radius 1 is 0.944 bits per heavy atom. The predicted molar refractivity (Wildman–Crippen MR) is 76.9 cm³/mol. The van der Waals surface area contributed by atoms with E-state index in [2.05, 4.69) is 5.32 Å². The minimum atomic E-state index is 0.562. The molecule has 94 valence electrons. The maximum atomic E-state index is 5.89. The molecule has 0 spiro atoms. The van der Waals surface area contributed by atoms with Gasteiger partial charge in [-0.25, -0.2) is 0 Å². The lowest BCUT2D eigenvalue weighted by Crippen LogP contribution is -2.11. The number of anilines is 1. The zero-order chi connectivity index (χ0) is 12.8. The highest BCUT2D eigenvalue weighted by Gasteiger charge is 1.96. The Balaban J connectivity index is 1.76. The van der Waals surface area contributed by atoms with Crippen LogP contribution in [0.25, 0.3) is 0 Å². The van der Waals surface area contributed by atoms with Gasteiger partial charge in [-0.15, -0.1) is 0 Å². The van der Waals surface area contributed by atoms with Gasteiger partial charge in [0, 0.05) is 22.3 Å². The van der Waals surface area contributed by atoms with E-state index in [9.17, 15) is 0 Å². The van der Waals surface area contributed by atoms with Gasteiger partial charge in [-0.1, -0.05) is 35.3 Å². The normalized spacial score (nSPS) is 10.1. The Morgan fingerprint density at radius 2 is 1.67 bits per heavy atom. The van der Waals surface area contributed by atoms with Gasteiger partial charge in [-0.2, -0.15) is 0 Å². The molecule has 0 bridgehead atoms. The van der Waals surface area contributed by atoms with Crippen LogP contribution in [-0.4, -0.2) is 13.2 Å². The number of nitrogens with one attached hydrogen (secondary N) is 1. The summed E-state index contributed by atoms with van der Waals surface area (Å²) in [6.45, 7) is 1.26. The number of hydrogen-bond acceptors (Lipinski definition) is 2. The average Bonchev–Trinajstić information content (AvgIpc) is 2.35. The van der Waals surface area contributed by atoms with Crippen molar-refractivity contribution in [2.24, 2.45) is 0 Å². The van der Waals surface area contributed by atoms with Crippen molar-refractivity contribution in [3.8, 4) is 5.75 Å². The topological polar surface area (TPSA) is 21.3 Å². The molecule has 2 nitrogen and oxygen atoms in total. The first kappa shape index (κ1) is 13.1. The molecule has 0 aromatic heterocycles. The van der Waals surface area contributed by atoms with Gasteiger partial charge in [-0.3, -0.25) is 0 Å². The fourth-order valence-corrected chi connectivity index (χ4v) is 1.89. The van der Waals surface area contributed by atoms with Crippen LogP contribution in [-0.2, 0) is 0 Å². The molecular weight excluding hydrogens is 269 g/mol. The maximum Gasteiger partial charge on any atom is 0.120 e. The van der Waals surface area contributed by atoms with E-state index in [1.54, 1.807) is 6.07 Å². The summed E-state index contributed by atoms with van der Waals surface area (Å²) in [7, 11) is 0. The van der Waals surface area contributed by atoms with Crippen LogP contribution in [0.5, 0.6) is 5.75 Å². The molecule has 2 rings (SSSR count). The van der Waals surface area contributed by atoms with E-state index in [1.165, 1.54) is 0 Å². The molecule has 0 saturated carbocycles. The second kappa shape index (κ2) is 6.53. The van der Waals surface area contributed by atoms with Crippen LogP contribution in [0.3, 0.4) is 0 Å². The van der Waals surface area contributed by atoms with E-state index in [0.29, 0.717) is 18.2 Å². The molecular formula is C14H13Cl2NO. The molecule has 0 fully saturated rings. The highest BCUT2D eigenvalue weighted by molar-refractivity contribution is 6.31. The molecule has 0 saturated heterocycles. The van der Waals surface area contributed by atoms with Crippen molar-refractivity contribution in [1.82, 2.24) is 0 Å². The summed E-state index contributed by atoms with van der Waals surface area (Å²) in [5.41, 5.74) is 0.984. The Hall–Kier alpha value is -1.38. The summed E-state index contributed by atoms with van der Waals surface area (Å²) in [6.07, 6.45) is 0. The third-order valence-electron chi connectivity index (χ3n) is 2.32. The van der Waals surface area contributed by atoms with Gasteiger partial charge in [0.25, 0.3) is 0 Å². The highest BCUT2D eigenvalue weighted by Crippen LogP contribution is 2.17. The van der Waals surface area contributed by atoms with E-state index in [-0.39, 0.29) is 0 Å². The first-order valence-electron chi connectivity index (χ1n) is 5.62. The molecule has 0 unspecified atom stereocenters. The van der Waals surface area contributed by atoms with E-state index in [1.807, 2.05) is 42.5 Å². The molecule has 0 atom stereocenters. The van der Waals surface area contributed by atoms with Gasteiger partial charge in [0.1, 0.15) is 12.4 Å². The van der Waals surface area contributed by atoms with Crippen LogP contribution in [0.1, 0.15) is 0 Å². The van der Waals surface area contributed by atoms with E-state index in [4.69, 9.17) is 27.9 Å². The molecule has 0 heterocycles. The molecule has 0 aliphatic carbocycles. The Kier molecular flexibility index (Phi) is 4.73. The number of hydrogen-bond donors (Lipinski definition) is 1. The van der Waals surface area contributed by atoms with Gasteiger partial charge in [0.2, 0.25) is 0 Å². The molecule has 0 aliphatic rings. The van der Waals surface area contributed by atoms with Crippen molar-refractivity contribution in [3.05, 3.63) is 58.6 Å². The summed E-state index contributed by atoms with van der Waals surface area (Å²) in [4.78, 5) is 0. The zero-order valence-corrected chi connectivity index (χ0v) is 11.2. The van der Waals surface area contributed by atoms with Crippen LogP contribution in [0.15, 0.2) is 48.5 Å². The van der Waals surface area contributed by atoms with E-state index < -0.39 is 0 Å².